The van der Waals surface area contributed by atoms with E-state index in [2.05, 4.69) is 0 Å². The quantitative estimate of drug-likeness (QED) is 0.622. The van der Waals surface area contributed by atoms with Crippen LogP contribution in [0.15, 0.2) is 0 Å². The van der Waals surface area contributed by atoms with Crippen LogP contribution in [-0.4, -0.2) is 44.2 Å². The molecular weight excluding hydrogens is 168 g/mol. The minimum atomic E-state index is 0.151. The number of nitrogens with two attached hydrogens (primary N) is 1. The number of hydrogen-bond acceptors (Lipinski definition) is 3. The first kappa shape index (κ1) is 12.4. The van der Waals surface area contributed by atoms with E-state index >= 15 is 0 Å². The predicted octanol–water partition coefficient (Wildman–Crippen LogP) is 0.220. The third kappa shape index (κ3) is 5.60. The van der Waals surface area contributed by atoms with E-state index in [0.717, 1.165) is 19.5 Å². The molecule has 13 heavy (non-hydrogen) atoms. The second-order valence-electron chi connectivity index (χ2n) is 2.86. The van der Waals surface area contributed by atoms with E-state index in [0.29, 0.717) is 19.6 Å². The van der Waals surface area contributed by atoms with Gasteiger partial charge in [0.1, 0.15) is 0 Å². The average Bonchev–Trinajstić information content (AvgIpc) is 2.16. The highest BCUT2D eigenvalue weighted by Gasteiger charge is 2.09. The third-order valence-corrected chi connectivity index (χ3v) is 1.89. The van der Waals surface area contributed by atoms with Gasteiger partial charge in [-0.05, 0) is 19.9 Å². The largest absolute Gasteiger partial charge is 0.384 e. The summed E-state index contributed by atoms with van der Waals surface area (Å²) >= 11 is 0. The third-order valence-electron chi connectivity index (χ3n) is 1.89. The number of hydrogen-bond donors (Lipinski definition) is 1. The molecule has 1 amide bonds. The van der Waals surface area contributed by atoms with Crippen LogP contribution in [0.2, 0.25) is 0 Å². The number of methoxy groups -OCH3 is 1. The van der Waals surface area contributed by atoms with Crippen molar-refractivity contribution in [3.05, 3.63) is 0 Å². The Bertz CT molecular complexity index is 140. The van der Waals surface area contributed by atoms with Crippen molar-refractivity contribution in [1.29, 1.82) is 0 Å². The molecule has 0 rings (SSSR count). The van der Waals surface area contributed by atoms with Gasteiger partial charge in [-0.15, -0.1) is 0 Å². The zero-order chi connectivity index (χ0) is 10.1. The van der Waals surface area contributed by atoms with Gasteiger partial charge in [0.25, 0.3) is 0 Å². The Kier molecular flexibility index (Phi) is 7.63. The molecule has 0 spiro atoms. The maximum absolute atomic E-state index is 11.4. The average molecular weight is 188 g/mol. The summed E-state index contributed by atoms with van der Waals surface area (Å²) in [5.74, 6) is 0.151. The molecule has 0 aromatic heterocycles. The zero-order valence-corrected chi connectivity index (χ0v) is 8.58. The molecule has 0 aromatic carbocycles. The zero-order valence-electron chi connectivity index (χ0n) is 8.58. The first-order chi connectivity index (χ1) is 6.26. The molecule has 0 saturated carbocycles. The van der Waals surface area contributed by atoms with Crippen LogP contribution in [0, 0.1) is 0 Å². The molecule has 0 unspecified atom stereocenters. The van der Waals surface area contributed by atoms with Gasteiger partial charge in [0, 0.05) is 20.2 Å². The van der Waals surface area contributed by atoms with E-state index in [9.17, 15) is 4.79 Å². The minimum absolute atomic E-state index is 0.151. The first-order valence-electron chi connectivity index (χ1n) is 4.73. The molecule has 0 aliphatic heterocycles. The minimum Gasteiger partial charge on any atom is -0.384 e. The lowest BCUT2D eigenvalue weighted by Gasteiger charge is -2.20. The monoisotopic (exact) mass is 188 g/mol. The highest BCUT2D eigenvalue weighted by molar-refractivity contribution is 5.76. The van der Waals surface area contributed by atoms with Crippen LogP contribution in [0.25, 0.3) is 0 Å². The van der Waals surface area contributed by atoms with E-state index in [1.54, 1.807) is 7.11 Å². The maximum atomic E-state index is 11.4. The van der Waals surface area contributed by atoms with Crippen molar-refractivity contribution in [3.63, 3.8) is 0 Å². The van der Waals surface area contributed by atoms with Crippen molar-refractivity contribution in [2.75, 3.05) is 33.4 Å². The topological polar surface area (TPSA) is 55.6 Å². The van der Waals surface area contributed by atoms with Crippen LogP contribution < -0.4 is 5.73 Å². The molecule has 0 radical (unpaired) electrons. The fourth-order valence-corrected chi connectivity index (χ4v) is 1.09. The Morgan fingerprint density at radius 1 is 1.54 bits per heavy atom. The number of rotatable bonds is 7. The van der Waals surface area contributed by atoms with Crippen LogP contribution in [0.5, 0.6) is 0 Å². The van der Waals surface area contributed by atoms with Crippen molar-refractivity contribution >= 4 is 5.91 Å². The van der Waals surface area contributed by atoms with Crippen molar-refractivity contribution in [2.45, 2.75) is 19.8 Å². The number of amides is 1. The summed E-state index contributed by atoms with van der Waals surface area (Å²) in [7, 11) is 1.60. The van der Waals surface area contributed by atoms with Gasteiger partial charge in [0.05, 0.1) is 13.0 Å². The molecule has 0 bridgehead atoms. The van der Waals surface area contributed by atoms with Gasteiger partial charge in [-0.2, -0.15) is 0 Å². The Balaban J connectivity index is 3.71. The van der Waals surface area contributed by atoms with E-state index in [-0.39, 0.29) is 5.91 Å². The SMILES string of the molecule is CCN(CCCN)C(=O)CCOC. The van der Waals surface area contributed by atoms with Crippen LogP contribution in [-0.2, 0) is 9.53 Å². The Morgan fingerprint density at radius 2 is 2.23 bits per heavy atom. The summed E-state index contributed by atoms with van der Waals surface area (Å²) in [6.07, 6.45) is 1.33. The Labute approximate surface area is 80.0 Å². The summed E-state index contributed by atoms with van der Waals surface area (Å²) in [4.78, 5) is 13.3. The first-order valence-corrected chi connectivity index (χ1v) is 4.73. The summed E-state index contributed by atoms with van der Waals surface area (Å²) in [5, 5.41) is 0. The van der Waals surface area contributed by atoms with Gasteiger partial charge in [-0.25, -0.2) is 0 Å². The number of carbonyl (C=O) groups is 1. The van der Waals surface area contributed by atoms with Gasteiger partial charge >= 0.3 is 0 Å². The lowest BCUT2D eigenvalue weighted by Crippen LogP contribution is -2.33. The molecule has 0 atom stereocenters. The smallest absolute Gasteiger partial charge is 0.224 e. The second kappa shape index (κ2) is 8.01. The van der Waals surface area contributed by atoms with Gasteiger partial charge in [0.15, 0.2) is 0 Å². The Hall–Kier alpha value is -0.610. The standard InChI is InChI=1S/C9H20N2O2/c1-3-11(7-4-6-10)9(12)5-8-13-2/h3-8,10H2,1-2H3. The number of nitrogens with zero attached hydrogens (tertiary/aromatic N) is 1. The van der Waals surface area contributed by atoms with E-state index in [1.807, 2.05) is 11.8 Å². The summed E-state index contributed by atoms with van der Waals surface area (Å²) in [6, 6.07) is 0. The highest BCUT2D eigenvalue weighted by Crippen LogP contribution is 1.95. The van der Waals surface area contributed by atoms with Crippen LogP contribution in [0.4, 0.5) is 0 Å². The van der Waals surface area contributed by atoms with Gasteiger partial charge in [-0.1, -0.05) is 0 Å². The number of ether oxygens (including phenoxy) is 1. The lowest BCUT2D eigenvalue weighted by atomic mass is 10.3. The van der Waals surface area contributed by atoms with Crippen LogP contribution in [0.3, 0.4) is 0 Å². The molecule has 4 nitrogen and oxygen atoms in total. The molecule has 0 fully saturated rings. The fourth-order valence-electron chi connectivity index (χ4n) is 1.09. The molecule has 78 valence electrons. The van der Waals surface area contributed by atoms with E-state index in [4.69, 9.17) is 10.5 Å². The molecule has 2 N–H and O–H groups in total. The van der Waals surface area contributed by atoms with Gasteiger partial charge < -0.3 is 15.4 Å². The van der Waals surface area contributed by atoms with Gasteiger partial charge in [0.2, 0.25) is 5.91 Å². The van der Waals surface area contributed by atoms with Crippen LogP contribution >= 0.6 is 0 Å². The summed E-state index contributed by atoms with van der Waals surface area (Å²) < 4.78 is 4.84. The molecule has 0 aliphatic carbocycles. The summed E-state index contributed by atoms with van der Waals surface area (Å²) in [5.41, 5.74) is 5.37. The molecular formula is C9H20N2O2. The van der Waals surface area contributed by atoms with Crippen LogP contribution in [0.1, 0.15) is 19.8 Å². The Morgan fingerprint density at radius 3 is 2.69 bits per heavy atom. The summed E-state index contributed by atoms with van der Waals surface area (Å²) in [6.45, 7) is 4.62. The molecule has 0 aromatic rings. The predicted molar refractivity (Wildman–Crippen MR) is 52.4 cm³/mol. The van der Waals surface area contributed by atoms with Crippen molar-refractivity contribution < 1.29 is 9.53 Å². The second-order valence-corrected chi connectivity index (χ2v) is 2.86. The van der Waals surface area contributed by atoms with E-state index < -0.39 is 0 Å². The molecule has 4 heteroatoms. The fraction of sp³-hybridized carbons (Fsp3) is 0.889. The molecule has 0 heterocycles. The molecule has 0 saturated heterocycles. The highest BCUT2D eigenvalue weighted by atomic mass is 16.5. The molecule has 0 aliphatic rings. The lowest BCUT2D eigenvalue weighted by molar-refractivity contribution is -0.132. The maximum Gasteiger partial charge on any atom is 0.224 e. The van der Waals surface area contributed by atoms with E-state index in [1.165, 1.54) is 0 Å². The number of carbonyl (C=O) groups excluding carboxylic acids is 1. The van der Waals surface area contributed by atoms with Crippen molar-refractivity contribution in [3.8, 4) is 0 Å². The van der Waals surface area contributed by atoms with Crippen molar-refractivity contribution in [1.82, 2.24) is 4.90 Å². The van der Waals surface area contributed by atoms with Crippen molar-refractivity contribution in [2.24, 2.45) is 5.73 Å². The van der Waals surface area contributed by atoms with Gasteiger partial charge in [-0.3, -0.25) is 4.79 Å². The normalized spacial score (nSPS) is 10.1.